The molecule has 160 valence electrons. The number of aromatic nitrogens is 2. The molecule has 4 rings (SSSR count). The van der Waals surface area contributed by atoms with Gasteiger partial charge in [-0.25, -0.2) is 4.98 Å². The minimum atomic E-state index is 0.461. The van der Waals surface area contributed by atoms with Crippen molar-refractivity contribution in [3.63, 3.8) is 0 Å². The lowest BCUT2D eigenvalue weighted by atomic mass is 9.75. The van der Waals surface area contributed by atoms with Crippen molar-refractivity contribution in [1.82, 2.24) is 14.9 Å². The summed E-state index contributed by atoms with van der Waals surface area (Å²) in [6.07, 6.45) is 12.1. The molecule has 5 heteroatoms. The standard InChI is InChI=1S/C24H39N5/c1-18-14-19(2)20(3)21(15-18)16-28-13-9-22(17-28)26-24-25-10-8-23(27-24)29-11-6-4-5-7-12-29/h8,10,14,19-22H,4-7,9,11-13,15-17H2,1-3H3,(H,25,26,27). The van der Waals surface area contributed by atoms with Gasteiger partial charge in [-0.15, -0.1) is 0 Å². The number of allylic oxidation sites excluding steroid dienone is 2. The molecule has 4 atom stereocenters. The van der Waals surface area contributed by atoms with Crippen molar-refractivity contribution >= 4 is 11.8 Å². The Hall–Kier alpha value is -1.62. The van der Waals surface area contributed by atoms with Gasteiger partial charge in [0.15, 0.2) is 0 Å². The smallest absolute Gasteiger partial charge is 0.224 e. The van der Waals surface area contributed by atoms with E-state index in [9.17, 15) is 0 Å². The summed E-state index contributed by atoms with van der Waals surface area (Å²) in [6.45, 7) is 12.9. The largest absolute Gasteiger partial charge is 0.356 e. The predicted octanol–water partition coefficient (Wildman–Crippen LogP) is 4.58. The van der Waals surface area contributed by atoms with E-state index in [0.29, 0.717) is 12.0 Å². The number of nitrogens with zero attached hydrogens (tertiary/aromatic N) is 4. The summed E-state index contributed by atoms with van der Waals surface area (Å²) < 4.78 is 0. The van der Waals surface area contributed by atoms with Crippen molar-refractivity contribution in [2.24, 2.45) is 17.8 Å². The van der Waals surface area contributed by atoms with Crippen molar-refractivity contribution in [2.45, 2.75) is 65.3 Å². The average molecular weight is 398 g/mol. The van der Waals surface area contributed by atoms with Crippen LogP contribution in [-0.2, 0) is 0 Å². The Morgan fingerprint density at radius 1 is 1.10 bits per heavy atom. The first kappa shape index (κ1) is 20.6. The Bertz CT molecular complexity index is 694. The third kappa shape index (κ3) is 5.30. The minimum Gasteiger partial charge on any atom is -0.356 e. The van der Waals surface area contributed by atoms with Gasteiger partial charge >= 0.3 is 0 Å². The van der Waals surface area contributed by atoms with Crippen LogP contribution < -0.4 is 10.2 Å². The Morgan fingerprint density at radius 3 is 2.69 bits per heavy atom. The van der Waals surface area contributed by atoms with Crippen LogP contribution in [0, 0.1) is 17.8 Å². The van der Waals surface area contributed by atoms with Crippen molar-refractivity contribution < 1.29 is 0 Å². The lowest BCUT2D eigenvalue weighted by Crippen LogP contribution is -2.35. The summed E-state index contributed by atoms with van der Waals surface area (Å²) in [6, 6.07) is 2.53. The Labute approximate surface area is 177 Å². The first-order valence-electron chi connectivity index (χ1n) is 11.8. The van der Waals surface area contributed by atoms with Gasteiger partial charge in [0, 0.05) is 45.0 Å². The van der Waals surface area contributed by atoms with Crippen LogP contribution >= 0.6 is 0 Å². The molecular weight excluding hydrogens is 358 g/mol. The number of hydrogen-bond acceptors (Lipinski definition) is 5. The highest BCUT2D eigenvalue weighted by molar-refractivity contribution is 5.43. The van der Waals surface area contributed by atoms with Gasteiger partial charge in [0.25, 0.3) is 0 Å². The topological polar surface area (TPSA) is 44.3 Å². The fourth-order valence-corrected chi connectivity index (χ4v) is 5.45. The molecule has 2 fully saturated rings. The van der Waals surface area contributed by atoms with Gasteiger partial charge < -0.3 is 15.1 Å². The normalized spacial score (nSPS) is 31.4. The second-order valence-corrected chi connectivity index (χ2v) is 9.72. The van der Waals surface area contributed by atoms with E-state index in [1.807, 2.05) is 6.20 Å². The summed E-state index contributed by atoms with van der Waals surface area (Å²) in [5, 5.41) is 3.63. The predicted molar refractivity (Wildman–Crippen MR) is 121 cm³/mol. The Balaban J connectivity index is 1.31. The SMILES string of the molecule is CC1=CC(C)C(C)C(CN2CCC(Nc3nccc(N4CCCCCC4)n3)C2)C1. The van der Waals surface area contributed by atoms with E-state index in [2.05, 4.69) is 53.0 Å². The molecule has 5 nitrogen and oxygen atoms in total. The van der Waals surface area contributed by atoms with Crippen molar-refractivity contribution in [1.29, 1.82) is 0 Å². The third-order valence-corrected chi connectivity index (χ3v) is 7.37. The molecule has 0 bridgehead atoms. The zero-order valence-electron chi connectivity index (χ0n) is 18.6. The number of anilines is 2. The molecule has 0 spiro atoms. The lowest BCUT2D eigenvalue weighted by Gasteiger charge is -2.35. The van der Waals surface area contributed by atoms with E-state index in [1.165, 1.54) is 51.6 Å². The van der Waals surface area contributed by atoms with E-state index in [4.69, 9.17) is 4.98 Å². The lowest BCUT2D eigenvalue weighted by molar-refractivity contribution is 0.192. The molecule has 1 N–H and O–H groups in total. The number of nitrogens with one attached hydrogen (secondary N) is 1. The highest BCUT2D eigenvalue weighted by Crippen LogP contribution is 2.34. The van der Waals surface area contributed by atoms with Gasteiger partial charge in [0.1, 0.15) is 5.82 Å². The molecule has 3 aliphatic rings. The van der Waals surface area contributed by atoms with E-state index in [1.54, 1.807) is 5.57 Å². The molecule has 0 amide bonds. The van der Waals surface area contributed by atoms with Crippen molar-refractivity contribution in [3.05, 3.63) is 23.9 Å². The second-order valence-electron chi connectivity index (χ2n) is 9.72. The van der Waals surface area contributed by atoms with Crippen LogP contribution in [0.15, 0.2) is 23.9 Å². The first-order valence-corrected chi connectivity index (χ1v) is 11.8. The van der Waals surface area contributed by atoms with Crippen LogP contribution in [0.3, 0.4) is 0 Å². The van der Waals surface area contributed by atoms with Gasteiger partial charge in [0.2, 0.25) is 5.95 Å². The van der Waals surface area contributed by atoms with E-state index in [0.717, 1.165) is 43.2 Å². The molecule has 1 aromatic rings. The second kappa shape index (κ2) is 9.46. The molecular formula is C24H39N5. The summed E-state index contributed by atoms with van der Waals surface area (Å²) in [7, 11) is 0. The minimum absolute atomic E-state index is 0.461. The van der Waals surface area contributed by atoms with Gasteiger partial charge in [0.05, 0.1) is 0 Å². The van der Waals surface area contributed by atoms with Gasteiger partial charge in [-0.05, 0) is 56.4 Å². The molecule has 29 heavy (non-hydrogen) atoms. The maximum atomic E-state index is 4.85. The number of rotatable bonds is 5. The summed E-state index contributed by atoms with van der Waals surface area (Å²) >= 11 is 0. The maximum Gasteiger partial charge on any atom is 0.224 e. The molecule has 0 saturated carbocycles. The average Bonchev–Trinajstić information content (AvgIpc) is 2.96. The molecule has 1 aliphatic carbocycles. The summed E-state index contributed by atoms with van der Waals surface area (Å²) in [4.78, 5) is 14.5. The zero-order valence-corrected chi connectivity index (χ0v) is 18.6. The highest BCUT2D eigenvalue weighted by Gasteiger charge is 2.31. The molecule has 1 aromatic heterocycles. The summed E-state index contributed by atoms with van der Waals surface area (Å²) in [5.41, 5.74) is 1.58. The quantitative estimate of drug-likeness (QED) is 0.737. The fraction of sp³-hybridized carbons (Fsp3) is 0.750. The molecule has 3 heterocycles. The first-order chi connectivity index (χ1) is 14.1. The number of hydrogen-bond donors (Lipinski definition) is 1. The van der Waals surface area contributed by atoms with E-state index < -0.39 is 0 Å². The van der Waals surface area contributed by atoms with Crippen LogP contribution in [0.5, 0.6) is 0 Å². The van der Waals surface area contributed by atoms with Crippen LogP contribution in [-0.4, -0.2) is 53.6 Å². The molecule has 0 aromatic carbocycles. The highest BCUT2D eigenvalue weighted by atomic mass is 15.3. The zero-order chi connectivity index (χ0) is 20.2. The van der Waals surface area contributed by atoms with Crippen LogP contribution in [0.4, 0.5) is 11.8 Å². The Morgan fingerprint density at radius 2 is 1.90 bits per heavy atom. The number of likely N-dealkylation sites (tertiary alicyclic amines) is 1. The van der Waals surface area contributed by atoms with Crippen LogP contribution in [0.25, 0.3) is 0 Å². The van der Waals surface area contributed by atoms with E-state index >= 15 is 0 Å². The van der Waals surface area contributed by atoms with Gasteiger partial charge in [-0.3, -0.25) is 0 Å². The molecule has 0 radical (unpaired) electrons. The van der Waals surface area contributed by atoms with Crippen molar-refractivity contribution in [2.75, 3.05) is 42.9 Å². The molecule has 4 unspecified atom stereocenters. The monoisotopic (exact) mass is 397 g/mol. The van der Waals surface area contributed by atoms with Crippen LogP contribution in [0.1, 0.15) is 59.3 Å². The molecule has 2 saturated heterocycles. The van der Waals surface area contributed by atoms with Gasteiger partial charge in [-0.2, -0.15) is 4.98 Å². The maximum absolute atomic E-state index is 4.85. The van der Waals surface area contributed by atoms with Crippen molar-refractivity contribution in [3.8, 4) is 0 Å². The molecule has 2 aliphatic heterocycles. The third-order valence-electron chi connectivity index (χ3n) is 7.37. The van der Waals surface area contributed by atoms with Gasteiger partial charge in [-0.1, -0.05) is 38.3 Å². The Kier molecular flexibility index (Phi) is 6.74. The fourth-order valence-electron chi connectivity index (χ4n) is 5.45. The summed E-state index contributed by atoms with van der Waals surface area (Å²) in [5.74, 6) is 4.17. The van der Waals surface area contributed by atoms with E-state index in [-0.39, 0.29) is 0 Å². The van der Waals surface area contributed by atoms with Crippen LogP contribution in [0.2, 0.25) is 0 Å².